The smallest absolute Gasteiger partial charge is 0.226 e. The Balaban J connectivity index is 1.84. The minimum Gasteiger partial charge on any atom is -0.492 e. The van der Waals surface area contributed by atoms with Crippen molar-refractivity contribution in [1.82, 2.24) is 0 Å². The highest BCUT2D eigenvalue weighted by Crippen LogP contribution is 2.23. The van der Waals surface area contributed by atoms with Gasteiger partial charge in [0.1, 0.15) is 5.75 Å². The lowest BCUT2D eigenvalue weighted by atomic mass is 10.1. The second-order valence-corrected chi connectivity index (χ2v) is 5.45. The van der Waals surface area contributed by atoms with Crippen LogP contribution in [0.25, 0.3) is 0 Å². The average Bonchev–Trinajstić information content (AvgIpc) is 2.53. The van der Waals surface area contributed by atoms with E-state index in [9.17, 15) is 4.79 Å². The van der Waals surface area contributed by atoms with E-state index in [0.29, 0.717) is 31.0 Å². The summed E-state index contributed by atoms with van der Waals surface area (Å²) in [6.07, 6.45) is 0.396. The molecule has 0 fully saturated rings. The maximum Gasteiger partial charge on any atom is 0.226 e. The third-order valence-corrected chi connectivity index (χ3v) is 3.65. The number of nitrogens with one attached hydrogen (secondary N) is 2. The van der Waals surface area contributed by atoms with Crippen LogP contribution in [0.3, 0.4) is 0 Å². The molecule has 0 aliphatic heterocycles. The van der Waals surface area contributed by atoms with Gasteiger partial charge in [0.15, 0.2) is 0 Å². The van der Waals surface area contributed by atoms with E-state index in [4.69, 9.17) is 4.74 Å². The maximum atomic E-state index is 12.1. The molecule has 2 N–H and O–H groups in total. The van der Waals surface area contributed by atoms with Crippen molar-refractivity contribution in [2.45, 2.75) is 27.2 Å². The first-order valence-electron chi connectivity index (χ1n) is 7.93. The minimum atomic E-state index is -0.0338. The Bertz CT molecular complexity index is 668. The summed E-state index contributed by atoms with van der Waals surface area (Å²) in [5, 5.41) is 6.18. The number of ether oxygens (including phenoxy) is 1. The summed E-state index contributed by atoms with van der Waals surface area (Å²) < 4.78 is 5.51. The van der Waals surface area contributed by atoms with Crippen molar-refractivity contribution in [3.63, 3.8) is 0 Å². The van der Waals surface area contributed by atoms with Gasteiger partial charge >= 0.3 is 0 Å². The van der Waals surface area contributed by atoms with Crippen LogP contribution in [0.2, 0.25) is 0 Å². The molecule has 0 aliphatic rings. The van der Waals surface area contributed by atoms with Gasteiger partial charge < -0.3 is 15.4 Å². The van der Waals surface area contributed by atoms with Crippen molar-refractivity contribution in [3.8, 4) is 5.75 Å². The molecule has 23 heavy (non-hydrogen) atoms. The number of carbonyl (C=O) groups excluding carboxylic acids is 1. The van der Waals surface area contributed by atoms with Crippen LogP contribution in [-0.2, 0) is 4.79 Å². The van der Waals surface area contributed by atoms with Gasteiger partial charge in [-0.05, 0) is 56.2 Å². The molecule has 0 saturated carbocycles. The summed E-state index contributed by atoms with van der Waals surface area (Å²) in [6, 6.07) is 13.7. The Morgan fingerprint density at radius 3 is 2.61 bits per heavy atom. The number of benzene rings is 2. The number of anilines is 2. The number of hydrogen-bond acceptors (Lipinski definition) is 3. The van der Waals surface area contributed by atoms with E-state index in [1.807, 2.05) is 37.3 Å². The van der Waals surface area contributed by atoms with Crippen LogP contribution in [0.15, 0.2) is 42.5 Å². The molecule has 0 radical (unpaired) electrons. The lowest BCUT2D eigenvalue weighted by Crippen LogP contribution is -2.16. The Kier molecular flexibility index (Phi) is 6.03. The van der Waals surface area contributed by atoms with Gasteiger partial charge in [0.2, 0.25) is 5.91 Å². The minimum absolute atomic E-state index is 0.0338. The predicted molar refractivity (Wildman–Crippen MR) is 95.3 cm³/mol. The number of carbonyl (C=O) groups is 1. The van der Waals surface area contributed by atoms with E-state index in [2.05, 4.69) is 36.6 Å². The quantitative estimate of drug-likeness (QED) is 0.808. The van der Waals surface area contributed by atoms with E-state index in [1.165, 1.54) is 11.1 Å². The fraction of sp³-hybridized carbons (Fsp3) is 0.316. The average molecular weight is 312 g/mol. The first-order chi connectivity index (χ1) is 11.1. The van der Waals surface area contributed by atoms with Crippen molar-refractivity contribution in [1.29, 1.82) is 0 Å². The molecule has 0 bridgehead atoms. The van der Waals surface area contributed by atoms with Gasteiger partial charge in [0.25, 0.3) is 0 Å². The summed E-state index contributed by atoms with van der Waals surface area (Å²) in [4.78, 5) is 12.1. The molecule has 2 aromatic rings. The van der Waals surface area contributed by atoms with Crippen LogP contribution < -0.4 is 15.4 Å². The maximum absolute atomic E-state index is 12.1. The molecule has 0 aromatic heterocycles. The number of rotatable bonds is 7. The standard InChI is InChI=1S/C19H24N2O2/c1-4-23-18-8-6-5-7-17(18)21-19(22)11-12-20-16-10-9-14(2)15(3)13-16/h5-10,13,20H,4,11-12H2,1-3H3,(H,21,22). The van der Waals surface area contributed by atoms with Crippen LogP contribution in [0.4, 0.5) is 11.4 Å². The Morgan fingerprint density at radius 1 is 1.09 bits per heavy atom. The fourth-order valence-corrected chi connectivity index (χ4v) is 2.24. The van der Waals surface area contributed by atoms with Crippen molar-refractivity contribution < 1.29 is 9.53 Å². The lowest BCUT2D eigenvalue weighted by molar-refractivity contribution is -0.116. The molecule has 0 heterocycles. The van der Waals surface area contributed by atoms with Crippen LogP contribution in [0.1, 0.15) is 24.5 Å². The second kappa shape index (κ2) is 8.22. The zero-order chi connectivity index (χ0) is 16.7. The fourth-order valence-electron chi connectivity index (χ4n) is 2.24. The molecule has 4 nitrogen and oxygen atoms in total. The lowest BCUT2D eigenvalue weighted by Gasteiger charge is -2.12. The van der Waals surface area contributed by atoms with Gasteiger partial charge in [-0.15, -0.1) is 0 Å². The van der Waals surface area contributed by atoms with Gasteiger partial charge in [0.05, 0.1) is 12.3 Å². The van der Waals surface area contributed by atoms with Crippen LogP contribution in [0, 0.1) is 13.8 Å². The molecule has 0 unspecified atom stereocenters. The van der Waals surface area contributed by atoms with Gasteiger partial charge in [0, 0.05) is 18.7 Å². The second-order valence-electron chi connectivity index (χ2n) is 5.45. The molecule has 0 atom stereocenters. The van der Waals surface area contributed by atoms with Crippen molar-refractivity contribution in [2.24, 2.45) is 0 Å². The predicted octanol–water partition coefficient (Wildman–Crippen LogP) is 4.14. The molecule has 4 heteroatoms. The number of aryl methyl sites for hydroxylation is 2. The highest BCUT2D eigenvalue weighted by molar-refractivity contribution is 5.92. The van der Waals surface area contributed by atoms with Crippen molar-refractivity contribution in [2.75, 3.05) is 23.8 Å². The first kappa shape index (κ1) is 16.9. The number of amides is 1. The van der Waals surface area contributed by atoms with Crippen LogP contribution in [-0.4, -0.2) is 19.1 Å². The Labute approximate surface area is 137 Å². The number of hydrogen-bond donors (Lipinski definition) is 2. The summed E-state index contributed by atoms with van der Waals surface area (Å²) >= 11 is 0. The van der Waals surface area contributed by atoms with Crippen LogP contribution >= 0.6 is 0 Å². The summed E-state index contributed by atoms with van der Waals surface area (Å²) in [5.41, 5.74) is 4.26. The third-order valence-electron chi connectivity index (χ3n) is 3.65. The molecule has 0 spiro atoms. The topological polar surface area (TPSA) is 50.4 Å². The summed E-state index contributed by atoms with van der Waals surface area (Å²) in [6.45, 7) is 7.25. The van der Waals surface area contributed by atoms with E-state index in [-0.39, 0.29) is 5.91 Å². The summed E-state index contributed by atoms with van der Waals surface area (Å²) in [5.74, 6) is 0.666. The molecular weight excluding hydrogens is 288 g/mol. The van der Waals surface area contributed by atoms with Gasteiger partial charge in [-0.3, -0.25) is 4.79 Å². The van der Waals surface area contributed by atoms with E-state index in [1.54, 1.807) is 0 Å². The Hall–Kier alpha value is -2.49. The summed E-state index contributed by atoms with van der Waals surface area (Å²) in [7, 11) is 0. The molecule has 2 aromatic carbocycles. The van der Waals surface area contributed by atoms with Gasteiger partial charge in [-0.25, -0.2) is 0 Å². The highest BCUT2D eigenvalue weighted by atomic mass is 16.5. The van der Waals surface area contributed by atoms with Crippen molar-refractivity contribution in [3.05, 3.63) is 53.6 Å². The zero-order valence-corrected chi connectivity index (χ0v) is 14.0. The van der Waals surface area contributed by atoms with E-state index < -0.39 is 0 Å². The monoisotopic (exact) mass is 312 g/mol. The SMILES string of the molecule is CCOc1ccccc1NC(=O)CCNc1ccc(C)c(C)c1. The van der Waals surface area contributed by atoms with Gasteiger partial charge in [-0.1, -0.05) is 18.2 Å². The van der Waals surface area contributed by atoms with E-state index >= 15 is 0 Å². The van der Waals surface area contributed by atoms with E-state index in [0.717, 1.165) is 5.69 Å². The zero-order valence-electron chi connectivity index (χ0n) is 14.0. The third kappa shape index (κ3) is 5.02. The molecule has 0 aliphatic carbocycles. The van der Waals surface area contributed by atoms with Crippen molar-refractivity contribution >= 4 is 17.3 Å². The molecule has 1 amide bonds. The van der Waals surface area contributed by atoms with Crippen LogP contribution in [0.5, 0.6) is 5.75 Å². The highest BCUT2D eigenvalue weighted by Gasteiger charge is 2.07. The Morgan fingerprint density at radius 2 is 1.87 bits per heavy atom. The number of para-hydroxylation sites is 2. The molecule has 2 rings (SSSR count). The largest absolute Gasteiger partial charge is 0.492 e. The first-order valence-corrected chi connectivity index (χ1v) is 7.93. The molecule has 122 valence electrons. The molecular formula is C19H24N2O2. The van der Waals surface area contributed by atoms with Gasteiger partial charge in [-0.2, -0.15) is 0 Å². The normalized spacial score (nSPS) is 10.2. The molecule has 0 saturated heterocycles.